The molecule has 0 bridgehead atoms. The van der Waals surface area contributed by atoms with Crippen molar-refractivity contribution in [3.8, 4) is 0 Å². The quantitative estimate of drug-likeness (QED) is 0.871. The fourth-order valence-electron chi connectivity index (χ4n) is 3.22. The van der Waals surface area contributed by atoms with E-state index in [0.29, 0.717) is 11.5 Å². The minimum absolute atomic E-state index is 0.0790. The number of hydrogen-bond acceptors (Lipinski definition) is 3. The van der Waals surface area contributed by atoms with Crippen molar-refractivity contribution in [3.63, 3.8) is 0 Å². The number of imidazole rings is 1. The van der Waals surface area contributed by atoms with E-state index in [1.54, 1.807) is 10.9 Å². The zero-order valence-corrected chi connectivity index (χ0v) is 13.5. The van der Waals surface area contributed by atoms with Crippen LogP contribution >= 0.6 is 0 Å². The van der Waals surface area contributed by atoms with Crippen LogP contribution in [0, 0.1) is 6.92 Å². The molecule has 6 nitrogen and oxygen atoms in total. The van der Waals surface area contributed by atoms with Gasteiger partial charge in [0.05, 0.1) is 17.5 Å². The number of likely N-dealkylation sites (tertiary alicyclic amines) is 1. The molecule has 1 aliphatic heterocycles. The van der Waals surface area contributed by atoms with Crippen LogP contribution in [0.15, 0.2) is 18.6 Å². The number of carbonyl (C=O) groups excluding carboxylic acids is 1. The summed E-state index contributed by atoms with van der Waals surface area (Å²) in [5, 5.41) is 4.20. The van der Waals surface area contributed by atoms with Crippen molar-refractivity contribution in [2.24, 2.45) is 7.05 Å². The van der Waals surface area contributed by atoms with E-state index >= 15 is 0 Å². The number of amides is 1. The largest absolute Gasteiger partial charge is 0.338 e. The van der Waals surface area contributed by atoms with Crippen LogP contribution in [-0.2, 0) is 13.6 Å². The summed E-state index contributed by atoms with van der Waals surface area (Å²) < 4.78 is 3.87. The van der Waals surface area contributed by atoms with Gasteiger partial charge in [-0.2, -0.15) is 5.10 Å². The fourth-order valence-corrected chi connectivity index (χ4v) is 3.22. The number of hydrogen-bond donors (Lipinski definition) is 0. The van der Waals surface area contributed by atoms with E-state index in [9.17, 15) is 4.79 Å². The van der Waals surface area contributed by atoms with Crippen LogP contribution in [0.2, 0.25) is 0 Å². The molecule has 1 amide bonds. The number of piperidine rings is 1. The topological polar surface area (TPSA) is 56.0 Å². The first-order valence-corrected chi connectivity index (χ1v) is 7.90. The summed E-state index contributed by atoms with van der Waals surface area (Å²) in [6, 6.07) is 0. The van der Waals surface area contributed by atoms with Gasteiger partial charge in [0.2, 0.25) is 0 Å². The standard InChI is InChI=1S/C16H23N5O/c1-4-21-11-14(8-17-21)16(22)20-7-5-6-13(10-20)15-18-12(2)9-19(15)3/h8-9,11,13H,4-7,10H2,1-3H3. The Morgan fingerprint density at radius 2 is 2.23 bits per heavy atom. The second-order valence-electron chi connectivity index (χ2n) is 6.03. The zero-order chi connectivity index (χ0) is 15.7. The van der Waals surface area contributed by atoms with Crippen LogP contribution in [0.3, 0.4) is 0 Å². The molecule has 1 fully saturated rings. The molecule has 2 aromatic heterocycles. The van der Waals surface area contributed by atoms with Gasteiger partial charge >= 0.3 is 0 Å². The number of nitrogens with zero attached hydrogens (tertiary/aromatic N) is 5. The molecule has 0 N–H and O–H groups in total. The number of aromatic nitrogens is 4. The normalized spacial score (nSPS) is 18.7. The smallest absolute Gasteiger partial charge is 0.257 e. The minimum atomic E-state index is 0.0790. The Bertz CT molecular complexity index is 672. The second kappa shape index (κ2) is 5.94. The van der Waals surface area contributed by atoms with Gasteiger partial charge in [-0.15, -0.1) is 0 Å². The maximum atomic E-state index is 12.6. The third-order valence-electron chi connectivity index (χ3n) is 4.31. The lowest BCUT2D eigenvalue weighted by atomic mass is 9.96. The molecule has 0 spiro atoms. The average Bonchev–Trinajstić information content (AvgIpc) is 3.13. The van der Waals surface area contributed by atoms with Crippen LogP contribution < -0.4 is 0 Å². The summed E-state index contributed by atoms with van der Waals surface area (Å²) in [6.45, 7) is 6.36. The Hall–Kier alpha value is -2.11. The summed E-state index contributed by atoms with van der Waals surface area (Å²) >= 11 is 0. The van der Waals surface area contributed by atoms with Crippen molar-refractivity contribution in [3.05, 3.63) is 35.7 Å². The average molecular weight is 301 g/mol. The molecule has 118 valence electrons. The van der Waals surface area contributed by atoms with E-state index < -0.39 is 0 Å². The zero-order valence-electron chi connectivity index (χ0n) is 13.5. The summed E-state index contributed by atoms with van der Waals surface area (Å²) in [4.78, 5) is 19.2. The first kappa shape index (κ1) is 14.8. The molecule has 3 heterocycles. The van der Waals surface area contributed by atoms with E-state index in [2.05, 4.69) is 14.6 Å². The van der Waals surface area contributed by atoms with Crippen molar-refractivity contribution in [1.82, 2.24) is 24.2 Å². The Balaban J connectivity index is 1.75. The molecule has 3 rings (SSSR count). The lowest BCUT2D eigenvalue weighted by Crippen LogP contribution is -2.39. The highest BCUT2D eigenvalue weighted by Crippen LogP contribution is 2.27. The predicted octanol–water partition coefficient (Wildman–Crippen LogP) is 1.96. The van der Waals surface area contributed by atoms with Gasteiger partial charge < -0.3 is 9.47 Å². The van der Waals surface area contributed by atoms with E-state index in [1.807, 2.05) is 38.2 Å². The molecule has 1 atom stereocenters. The molecule has 2 aromatic rings. The molecule has 6 heteroatoms. The van der Waals surface area contributed by atoms with E-state index in [1.165, 1.54) is 0 Å². The first-order valence-electron chi connectivity index (χ1n) is 7.90. The van der Waals surface area contributed by atoms with Crippen LogP contribution in [0.5, 0.6) is 0 Å². The number of aryl methyl sites for hydroxylation is 3. The van der Waals surface area contributed by atoms with Crippen molar-refractivity contribution in [2.75, 3.05) is 13.1 Å². The van der Waals surface area contributed by atoms with Crippen LogP contribution in [-0.4, -0.2) is 43.2 Å². The molecule has 22 heavy (non-hydrogen) atoms. The van der Waals surface area contributed by atoms with Gasteiger partial charge in [0.15, 0.2) is 0 Å². The molecule has 1 aliphatic rings. The lowest BCUT2D eigenvalue weighted by molar-refractivity contribution is 0.0703. The maximum absolute atomic E-state index is 12.6. The van der Waals surface area contributed by atoms with Gasteiger partial charge in [-0.1, -0.05) is 0 Å². The van der Waals surface area contributed by atoms with Crippen LogP contribution in [0.25, 0.3) is 0 Å². The van der Waals surface area contributed by atoms with Gasteiger partial charge in [0, 0.05) is 45.0 Å². The highest BCUT2D eigenvalue weighted by molar-refractivity contribution is 5.93. The van der Waals surface area contributed by atoms with Crippen molar-refractivity contribution in [2.45, 2.75) is 39.2 Å². The summed E-state index contributed by atoms with van der Waals surface area (Å²) in [7, 11) is 2.03. The van der Waals surface area contributed by atoms with Gasteiger partial charge in [0.25, 0.3) is 5.91 Å². The molecule has 0 saturated carbocycles. The molecule has 1 unspecified atom stereocenters. The van der Waals surface area contributed by atoms with E-state index in [0.717, 1.165) is 44.0 Å². The van der Waals surface area contributed by atoms with Gasteiger partial charge in [-0.05, 0) is 26.7 Å². The third kappa shape index (κ3) is 2.77. The second-order valence-corrected chi connectivity index (χ2v) is 6.03. The van der Waals surface area contributed by atoms with Crippen LogP contribution in [0.1, 0.15) is 47.6 Å². The molecular formula is C16H23N5O. The molecular weight excluding hydrogens is 278 g/mol. The minimum Gasteiger partial charge on any atom is -0.338 e. The number of rotatable bonds is 3. The Labute approximate surface area is 130 Å². The monoisotopic (exact) mass is 301 g/mol. The Morgan fingerprint density at radius 3 is 2.86 bits per heavy atom. The highest BCUT2D eigenvalue weighted by Gasteiger charge is 2.28. The lowest BCUT2D eigenvalue weighted by Gasteiger charge is -2.32. The molecule has 0 aromatic carbocycles. The van der Waals surface area contributed by atoms with E-state index in [-0.39, 0.29) is 5.91 Å². The SMILES string of the molecule is CCn1cc(C(=O)N2CCCC(c3nc(C)cn3C)C2)cn1. The summed E-state index contributed by atoms with van der Waals surface area (Å²) in [5.74, 6) is 1.48. The van der Waals surface area contributed by atoms with Crippen molar-refractivity contribution >= 4 is 5.91 Å². The molecule has 1 saturated heterocycles. The predicted molar refractivity (Wildman–Crippen MR) is 83.7 cm³/mol. The Morgan fingerprint density at radius 1 is 1.41 bits per heavy atom. The maximum Gasteiger partial charge on any atom is 0.257 e. The molecule has 0 radical (unpaired) electrons. The van der Waals surface area contributed by atoms with Crippen molar-refractivity contribution in [1.29, 1.82) is 0 Å². The third-order valence-corrected chi connectivity index (χ3v) is 4.31. The molecule has 0 aliphatic carbocycles. The van der Waals surface area contributed by atoms with E-state index in [4.69, 9.17) is 0 Å². The van der Waals surface area contributed by atoms with Crippen LogP contribution in [0.4, 0.5) is 0 Å². The highest BCUT2D eigenvalue weighted by atomic mass is 16.2. The number of carbonyl (C=O) groups is 1. The Kier molecular flexibility index (Phi) is 4.00. The van der Waals surface area contributed by atoms with Crippen molar-refractivity contribution < 1.29 is 4.79 Å². The first-order chi connectivity index (χ1) is 10.6. The van der Waals surface area contributed by atoms with Gasteiger partial charge in [0.1, 0.15) is 5.82 Å². The summed E-state index contributed by atoms with van der Waals surface area (Å²) in [5.41, 5.74) is 1.71. The van der Waals surface area contributed by atoms with Gasteiger partial charge in [-0.25, -0.2) is 4.98 Å². The van der Waals surface area contributed by atoms with Gasteiger partial charge in [-0.3, -0.25) is 9.48 Å². The summed E-state index contributed by atoms with van der Waals surface area (Å²) in [6.07, 6.45) is 7.64. The fraction of sp³-hybridized carbons (Fsp3) is 0.562.